The zero-order valence-electron chi connectivity index (χ0n) is 27.1. The quantitative estimate of drug-likeness (QED) is 0.287. The number of aromatic nitrogens is 1. The van der Waals surface area contributed by atoms with Gasteiger partial charge in [-0.25, -0.2) is 13.8 Å². The molecule has 9 nitrogen and oxygen atoms in total. The van der Waals surface area contributed by atoms with Gasteiger partial charge in [0.1, 0.15) is 18.2 Å². The molecule has 46 heavy (non-hydrogen) atoms. The van der Waals surface area contributed by atoms with Crippen LogP contribution in [0, 0.1) is 11.6 Å². The van der Waals surface area contributed by atoms with E-state index >= 15 is 4.39 Å². The summed E-state index contributed by atoms with van der Waals surface area (Å²) in [6.07, 6.45) is -0.259. The first kappa shape index (κ1) is 33.7. The van der Waals surface area contributed by atoms with Gasteiger partial charge in [-0.15, -0.1) is 0 Å². The highest BCUT2D eigenvalue weighted by Crippen LogP contribution is 2.26. The molecule has 0 spiro atoms. The Morgan fingerprint density at radius 1 is 1.04 bits per heavy atom. The van der Waals surface area contributed by atoms with E-state index in [1.807, 2.05) is 49.1 Å². The number of nitrogens with two attached hydrogens (primary N) is 1. The van der Waals surface area contributed by atoms with E-state index in [0.717, 1.165) is 31.7 Å². The normalized spacial score (nSPS) is 17.4. The molecule has 2 atom stereocenters. The van der Waals surface area contributed by atoms with Gasteiger partial charge in [-0.3, -0.25) is 9.69 Å². The first-order valence-electron chi connectivity index (χ1n) is 16.1. The maximum absolute atomic E-state index is 15.1. The number of benzene rings is 2. The lowest BCUT2D eigenvalue weighted by atomic mass is 10.0. The van der Waals surface area contributed by atoms with Gasteiger partial charge in [0, 0.05) is 64.5 Å². The highest BCUT2D eigenvalue weighted by molar-refractivity contribution is 5.82. The van der Waals surface area contributed by atoms with Crippen molar-refractivity contribution in [2.45, 2.75) is 51.6 Å². The third kappa shape index (κ3) is 8.79. The first-order valence-corrected chi connectivity index (χ1v) is 16.1. The third-order valence-electron chi connectivity index (χ3n) is 8.72. The molecule has 11 heteroatoms. The average Bonchev–Trinajstić information content (AvgIpc) is 3.02. The molecule has 2 aromatic carbocycles. The van der Waals surface area contributed by atoms with Gasteiger partial charge in [-0.05, 0) is 56.6 Å². The van der Waals surface area contributed by atoms with Crippen molar-refractivity contribution in [1.29, 1.82) is 0 Å². The highest BCUT2D eigenvalue weighted by Gasteiger charge is 2.35. The van der Waals surface area contributed by atoms with Crippen molar-refractivity contribution in [2.75, 3.05) is 64.4 Å². The standard InChI is InChI=1S/C35H46F2N6O3/c1-4-45-25(2)20-43(21-28-11-13-31(36)34(39-28)42-22-29(23-42)41-16-14-40(3)15-17-41)35(44)33(38)18-27-10-12-30(19-32(27)37)46-24-26-8-6-5-7-9-26/h5-13,19,25,29,33H,4,14-18,20-24,38H2,1-3H3/t25?,33-/m0/s1. The van der Waals surface area contributed by atoms with E-state index in [-0.39, 0.29) is 37.3 Å². The van der Waals surface area contributed by atoms with Gasteiger partial charge < -0.3 is 29.9 Å². The van der Waals surface area contributed by atoms with Gasteiger partial charge in [0.15, 0.2) is 11.6 Å². The average molecular weight is 637 g/mol. The van der Waals surface area contributed by atoms with Crippen molar-refractivity contribution in [2.24, 2.45) is 5.73 Å². The maximum Gasteiger partial charge on any atom is 0.240 e. The van der Waals surface area contributed by atoms with E-state index in [9.17, 15) is 9.18 Å². The minimum atomic E-state index is -1.00. The van der Waals surface area contributed by atoms with Crippen LogP contribution in [0.5, 0.6) is 5.75 Å². The minimum Gasteiger partial charge on any atom is -0.489 e. The van der Waals surface area contributed by atoms with Crippen LogP contribution in [-0.4, -0.2) is 103 Å². The number of anilines is 1. The van der Waals surface area contributed by atoms with E-state index in [4.69, 9.17) is 15.2 Å². The Morgan fingerprint density at radius 2 is 1.78 bits per heavy atom. The number of ether oxygens (including phenoxy) is 2. The lowest BCUT2D eigenvalue weighted by Crippen LogP contribution is -2.63. The van der Waals surface area contributed by atoms with Gasteiger partial charge in [-0.2, -0.15) is 0 Å². The summed E-state index contributed by atoms with van der Waals surface area (Å²) in [5.74, 6) is -0.537. The third-order valence-corrected chi connectivity index (χ3v) is 8.72. The number of carbonyl (C=O) groups excluding carboxylic acids is 1. The zero-order chi connectivity index (χ0) is 32.6. The second-order valence-electron chi connectivity index (χ2n) is 12.3. The van der Waals surface area contributed by atoms with Gasteiger partial charge >= 0.3 is 0 Å². The lowest BCUT2D eigenvalue weighted by molar-refractivity contribution is -0.135. The molecular formula is C35H46F2N6O3. The smallest absolute Gasteiger partial charge is 0.240 e. The van der Waals surface area contributed by atoms with Crippen LogP contribution in [0.3, 0.4) is 0 Å². The van der Waals surface area contributed by atoms with Crippen LogP contribution in [0.2, 0.25) is 0 Å². The number of amides is 1. The molecule has 248 valence electrons. The summed E-state index contributed by atoms with van der Waals surface area (Å²) in [6, 6.07) is 16.6. The topological polar surface area (TPSA) is 87.4 Å². The molecule has 1 aromatic heterocycles. The molecule has 0 radical (unpaired) electrons. The Kier molecular flexibility index (Phi) is 11.6. The van der Waals surface area contributed by atoms with Crippen molar-refractivity contribution >= 4 is 11.7 Å². The van der Waals surface area contributed by atoms with Crippen LogP contribution in [0.1, 0.15) is 30.7 Å². The van der Waals surface area contributed by atoms with Crippen molar-refractivity contribution in [3.63, 3.8) is 0 Å². The lowest BCUT2D eigenvalue weighted by Gasteiger charge is -2.48. The molecule has 3 aromatic rings. The number of hydrogen-bond acceptors (Lipinski definition) is 8. The number of piperazine rings is 1. The van der Waals surface area contributed by atoms with E-state index < -0.39 is 11.9 Å². The molecule has 2 saturated heterocycles. The summed E-state index contributed by atoms with van der Waals surface area (Å²) >= 11 is 0. The van der Waals surface area contributed by atoms with Crippen LogP contribution in [0.15, 0.2) is 60.7 Å². The molecule has 1 unspecified atom stereocenters. The fourth-order valence-corrected chi connectivity index (χ4v) is 5.99. The summed E-state index contributed by atoms with van der Waals surface area (Å²) in [7, 11) is 2.13. The van der Waals surface area contributed by atoms with Crippen LogP contribution in [0.25, 0.3) is 0 Å². The van der Waals surface area contributed by atoms with E-state index in [2.05, 4.69) is 21.8 Å². The number of pyridine rings is 1. The molecule has 3 heterocycles. The Morgan fingerprint density at radius 3 is 2.48 bits per heavy atom. The fraction of sp³-hybridized carbons (Fsp3) is 0.486. The number of hydrogen-bond donors (Lipinski definition) is 1. The minimum absolute atomic E-state index is 0.00665. The summed E-state index contributed by atoms with van der Waals surface area (Å²) in [5.41, 5.74) is 8.24. The molecule has 2 N–H and O–H groups in total. The Bertz CT molecular complexity index is 1430. The molecular weight excluding hydrogens is 590 g/mol. The monoisotopic (exact) mass is 636 g/mol. The Hall–Kier alpha value is -3.64. The largest absolute Gasteiger partial charge is 0.489 e. The summed E-state index contributed by atoms with van der Waals surface area (Å²) in [6.45, 7) is 10.5. The predicted molar refractivity (Wildman–Crippen MR) is 175 cm³/mol. The van der Waals surface area contributed by atoms with Crippen molar-refractivity contribution in [3.8, 4) is 5.75 Å². The van der Waals surface area contributed by atoms with Gasteiger partial charge in [0.25, 0.3) is 0 Å². The van der Waals surface area contributed by atoms with Crippen LogP contribution in [-0.2, 0) is 29.1 Å². The molecule has 2 aliphatic rings. The van der Waals surface area contributed by atoms with E-state index in [1.54, 1.807) is 23.1 Å². The van der Waals surface area contributed by atoms with Crippen molar-refractivity contribution in [1.82, 2.24) is 19.7 Å². The number of likely N-dealkylation sites (N-methyl/N-ethyl adjacent to an activating group) is 1. The molecule has 0 aliphatic carbocycles. The molecule has 0 bridgehead atoms. The second-order valence-corrected chi connectivity index (χ2v) is 12.3. The molecule has 2 aliphatic heterocycles. The van der Waals surface area contributed by atoms with E-state index in [1.165, 1.54) is 12.1 Å². The molecule has 0 saturated carbocycles. The van der Waals surface area contributed by atoms with Crippen molar-refractivity contribution < 1.29 is 23.0 Å². The summed E-state index contributed by atoms with van der Waals surface area (Å²) in [4.78, 5) is 26.7. The number of rotatable bonds is 14. The fourth-order valence-electron chi connectivity index (χ4n) is 5.99. The predicted octanol–water partition coefficient (Wildman–Crippen LogP) is 3.70. The van der Waals surface area contributed by atoms with Crippen LogP contribution >= 0.6 is 0 Å². The zero-order valence-corrected chi connectivity index (χ0v) is 27.1. The maximum atomic E-state index is 15.1. The number of carbonyl (C=O) groups is 1. The number of nitrogens with zero attached hydrogens (tertiary/aromatic N) is 5. The summed E-state index contributed by atoms with van der Waals surface area (Å²) < 4.78 is 41.5. The van der Waals surface area contributed by atoms with Gasteiger partial charge in [0.2, 0.25) is 5.91 Å². The molecule has 1 amide bonds. The SMILES string of the molecule is CCOC(C)CN(Cc1ccc(F)c(N2CC(N3CCN(C)CC3)C2)n1)C(=O)[C@@H](N)Cc1ccc(OCc2ccccc2)cc1F. The highest BCUT2D eigenvalue weighted by atomic mass is 19.1. The molecule has 2 fully saturated rings. The van der Waals surface area contributed by atoms with Crippen LogP contribution in [0.4, 0.5) is 14.6 Å². The first-order chi connectivity index (χ1) is 22.2. The van der Waals surface area contributed by atoms with Crippen LogP contribution < -0.4 is 15.4 Å². The van der Waals surface area contributed by atoms with Crippen molar-refractivity contribution in [3.05, 3.63) is 89.1 Å². The summed E-state index contributed by atoms with van der Waals surface area (Å²) in [5, 5.41) is 0. The molecule has 5 rings (SSSR count). The van der Waals surface area contributed by atoms with Gasteiger partial charge in [-0.1, -0.05) is 36.4 Å². The van der Waals surface area contributed by atoms with Gasteiger partial charge in [0.05, 0.1) is 24.4 Å². The Labute approximate surface area is 270 Å². The van der Waals surface area contributed by atoms with E-state index in [0.29, 0.717) is 55.2 Å². The number of halogens is 2. The second kappa shape index (κ2) is 15.8. The Balaban J connectivity index is 1.22.